The first kappa shape index (κ1) is 14.6. The van der Waals surface area contributed by atoms with Gasteiger partial charge in [0.2, 0.25) is 0 Å². The van der Waals surface area contributed by atoms with Crippen molar-refractivity contribution in [2.45, 2.75) is 38.8 Å². The van der Waals surface area contributed by atoms with E-state index in [1.807, 2.05) is 0 Å². The summed E-state index contributed by atoms with van der Waals surface area (Å²) in [4.78, 5) is 11.9. The van der Waals surface area contributed by atoms with Gasteiger partial charge in [0.25, 0.3) is 0 Å². The molecule has 0 aliphatic carbocycles. The summed E-state index contributed by atoms with van der Waals surface area (Å²) in [5.74, 6) is 0.455. The molecule has 7 heteroatoms. The Labute approximate surface area is 118 Å². The van der Waals surface area contributed by atoms with Crippen molar-refractivity contribution in [1.82, 2.24) is 15.1 Å². The van der Waals surface area contributed by atoms with Crippen LogP contribution >= 0.6 is 0 Å². The van der Waals surface area contributed by atoms with Gasteiger partial charge in [0, 0.05) is 19.1 Å². The number of ether oxygens (including phenoxy) is 1. The molecule has 1 aliphatic rings. The Morgan fingerprint density at radius 1 is 1.65 bits per heavy atom. The minimum atomic E-state index is -0.446. The predicted octanol–water partition coefficient (Wildman–Crippen LogP) is 0.826. The number of nitrogens with one attached hydrogen (secondary N) is 2. The van der Waals surface area contributed by atoms with Gasteiger partial charge in [-0.1, -0.05) is 13.3 Å². The molecule has 7 nitrogen and oxygen atoms in total. The Kier molecular flexibility index (Phi) is 4.84. The van der Waals surface area contributed by atoms with E-state index < -0.39 is 5.97 Å². The van der Waals surface area contributed by atoms with Crippen LogP contribution < -0.4 is 16.4 Å². The van der Waals surface area contributed by atoms with E-state index in [9.17, 15) is 4.79 Å². The van der Waals surface area contributed by atoms with Crippen LogP contribution in [0.5, 0.6) is 0 Å². The first-order valence-corrected chi connectivity index (χ1v) is 7.09. The lowest BCUT2D eigenvalue weighted by molar-refractivity contribution is 0.0603. The van der Waals surface area contributed by atoms with Gasteiger partial charge in [-0.2, -0.15) is 5.10 Å². The van der Waals surface area contributed by atoms with Crippen LogP contribution in [0.2, 0.25) is 0 Å². The molecule has 1 saturated heterocycles. The maximum atomic E-state index is 11.9. The average molecular weight is 281 g/mol. The van der Waals surface area contributed by atoms with Gasteiger partial charge in [-0.15, -0.1) is 0 Å². The van der Waals surface area contributed by atoms with E-state index >= 15 is 0 Å². The van der Waals surface area contributed by atoms with E-state index in [-0.39, 0.29) is 6.04 Å². The quantitative estimate of drug-likeness (QED) is 0.669. The number of nitrogen functional groups attached to an aromatic ring is 1. The van der Waals surface area contributed by atoms with Crippen LogP contribution in [0, 0.1) is 0 Å². The van der Waals surface area contributed by atoms with Crippen molar-refractivity contribution >= 4 is 17.6 Å². The van der Waals surface area contributed by atoms with E-state index in [4.69, 9.17) is 10.5 Å². The number of aromatic nitrogens is 2. The van der Waals surface area contributed by atoms with Gasteiger partial charge in [0.1, 0.15) is 11.4 Å². The number of methoxy groups -OCH3 is 1. The Bertz CT molecular complexity index is 466. The van der Waals surface area contributed by atoms with Crippen LogP contribution in [0.25, 0.3) is 0 Å². The molecule has 0 radical (unpaired) electrons. The molecule has 1 unspecified atom stereocenters. The molecule has 1 aliphatic heterocycles. The Balaban J connectivity index is 2.24. The van der Waals surface area contributed by atoms with Gasteiger partial charge >= 0.3 is 5.97 Å². The van der Waals surface area contributed by atoms with Crippen molar-refractivity contribution in [3.8, 4) is 0 Å². The first-order valence-electron chi connectivity index (χ1n) is 7.09. The molecule has 0 spiro atoms. The summed E-state index contributed by atoms with van der Waals surface area (Å²) in [5.41, 5.74) is 6.38. The molecule has 0 saturated carbocycles. The molecule has 112 valence electrons. The number of esters is 1. The third kappa shape index (κ3) is 3.04. The summed E-state index contributed by atoms with van der Waals surface area (Å²) < 4.78 is 6.49. The second-order valence-electron chi connectivity index (χ2n) is 5.01. The monoisotopic (exact) mass is 281 g/mol. The maximum Gasteiger partial charge on any atom is 0.345 e. The first-order chi connectivity index (χ1) is 9.67. The Morgan fingerprint density at radius 2 is 2.45 bits per heavy atom. The van der Waals surface area contributed by atoms with Crippen LogP contribution in [-0.4, -0.2) is 42.0 Å². The SMILES string of the molecule is CCCCn1nc(NC2CCNC2)c(C(=O)OC)c1N. The van der Waals surface area contributed by atoms with Gasteiger partial charge < -0.3 is 21.1 Å². The highest BCUT2D eigenvalue weighted by Crippen LogP contribution is 2.24. The molecule has 1 fully saturated rings. The van der Waals surface area contributed by atoms with E-state index in [1.165, 1.54) is 7.11 Å². The number of aryl methyl sites for hydroxylation is 1. The molecule has 1 atom stereocenters. The van der Waals surface area contributed by atoms with Gasteiger partial charge in [-0.25, -0.2) is 9.48 Å². The van der Waals surface area contributed by atoms with Crippen molar-refractivity contribution in [3.05, 3.63) is 5.56 Å². The summed E-state index contributed by atoms with van der Waals surface area (Å²) in [6.07, 6.45) is 3.02. The number of unbranched alkanes of at least 4 members (excludes halogenated alkanes) is 1. The molecule has 2 rings (SSSR count). The van der Waals surface area contributed by atoms with Gasteiger partial charge in [-0.3, -0.25) is 0 Å². The smallest absolute Gasteiger partial charge is 0.345 e. The zero-order chi connectivity index (χ0) is 14.5. The van der Waals surface area contributed by atoms with Crippen LogP contribution in [0.15, 0.2) is 0 Å². The summed E-state index contributed by atoms with van der Waals surface area (Å²) in [5, 5.41) is 11.0. The number of carbonyl (C=O) groups is 1. The second kappa shape index (κ2) is 6.60. The summed E-state index contributed by atoms with van der Waals surface area (Å²) >= 11 is 0. The molecular weight excluding hydrogens is 258 g/mol. The highest BCUT2D eigenvalue weighted by Gasteiger charge is 2.25. The minimum absolute atomic E-state index is 0.271. The molecular formula is C13H23N5O2. The third-order valence-electron chi connectivity index (χ3n) is 3.51. The highest BCUT2D eigenvalue weighted by atomic mass is 16.5. The number of hydrogen-bond acceptors (Lipinski definition) is 6. The van der Waals surface area contributed by atoms with Crippen LogP contribution in [-0.2, 0) is 11.3 Å². The lowest BCUT2D eigenvalue weighted by atomic mass is 10.2. The zero-order valence-corrected chi connectivity index (χ0v) is 12.1. The number of carbonyl (C=O) groups excluding carboxylic acids is 1. The number of nitrogens with zero attached hydrogens (tertiary/aromatic N) is 2. The topological polar surface area (TPSA) is 94.2 Å². The van der Waals surface area contributed by atoms with Crippen molar-refractivity contribution in [1.29, 1.82) is 0 Å². The lowest BCUT2D eigenvalue weighted by Gasteiger charge is -2.11. The molecule has 0 aromatic carbocycles. The van der Waals surface area contributed by atoms with Crippen LogP contribution in [0.3, 0.4) is 0 Å². The van der Waals surface area contributed by atoms with Crippen molar-refractivity contribution in [3.63, 3.8) is 0 Å². The molecule has 0 bridgehead atoms. The number of hydrogen-bond donors (Lipinski definition) is 3. The zero-order valence-electron chi connectivity index (χ0n) is 12.1. The van der Waals surface area contributed by atoms with Gasteiger partial charge in [0.15, 0.2) is 5.82 Å². The van der Waals surface area contributed by atoms with E-state index in [0.29, 0.717) is 23.7 Å². The third-order valence-corrected chi connectivity index (χ3v) is 3.51. The highest BCUT2D eigenvalue weighted by molar-refractivity contribution is 5.99. The fraction of sp³-hybridized carbons (Fsp3) is 0.692. The predicted molar refractivity (Wildman–Crippen MR) is 77.8 cm³/mol. The number of nitrogens with two attached hydrogens (primary N) is 1. The Morgan fingerprint density at radius 3 is 3.05 bits per heavy atom. The largest absolute Gasteiger partial charge is 0.465 e. The molecule has 0 amide bonds. The fourth-order valence-corrected chi connectivity index (χ4v) is 2.33. The second-order valence-corrected chi connectivity index (χ2v) is 5.01. The fourth-order valence-electron chi connectivity index (χ4n) is 2.33. The van der Waals surface area contributed by atoms with Crippen LogP contribution in [0.1, 0.15) is 36.5 Å². The van der Waals surface area contributed by atoms with E-state index in [2.05, 4.69) is 22.7 Å². The molecule has 1 aromatic rings. The van der Waals surface area contributed by atoms with Crippen molar-refractivity contribution in [2.75, 3.05) is 31.2 Å². The van der Waals surface area contributed by atoms with E-state index in [1.54, 1.807) is 4.68 Å². The molecule has 1 aromatic heterocycles. The molecule has 4 N–H and O–H groups in total. The molecule has 2 heterocycles. The van der Waals surface area contributed by atoms with Gasteiger partial charge in [-0.05, 0) is 19.4 Å². The van der Waals surface area contributed by atoms with E-state index in [0.717, 1.165) is 32.4 Å². The minimum Gasteiger partial charge on any atom is -0.465 e. The van der Waals surface area contributed by atoms with Gasteiger partial charge in [0.05, 0.1) is 7.11 Å². The van der Waals surface area contributed by atoms with Crippen LogP contribution in [0.4, 0.5) is 11.6 Å². The standard InChI is InChI=1S/C13H23N5O2/c1-3-4-7-18-11(14)10(13(19)20-2)12(17-18)16-9-5-6-15-8-9/h9,15H,3-8,14H2,1-2H3,(H,16,17). The molecule has 20 heavy (non-hydrogen) atoms. The summed E-state index contributed by atoms with van der Waals surface area (Å²) in [6.45, 7) is 4.64. The summed E-state index contributed by atoms with van der Waals surface area (Å²) in [7, 11) is 1.35. The Hall–Kier alpha value is -1.76. The van der Waals surface area contributed by atoms with Crippen molar-refractivity contribution < 1.29 is 9.53 Å². The normalized spacial score (nSPS) is 18.2. The summed E-state index contributed by atoms with van der Waals surface area (Å²) in [6, 6.07) is 0.271. The number of anilines is 2. The average Bonchev–Trinajstić information content (AvgIpc) is 3.05. The number of rotatable bonds is 6. The maximum absolute atomic E-state index is 11.9. The van der Waals surface area contributed by atoms with Crippen molar-refractivity contribution in [2.24, 2.45) is 0 Å². The lowest BCUT2D eigenvalue weighted by Crippen LogP contribution is -2.23.